The van der Waals surface area contributed by atoms with Gasteiger partial charge in [0.1, 0.15) is 22.7 Å². The molecule has 1 aliphatic rings. The first-order valence-electron chi connectivity index (χ1n) is 10.9. The minimum atomic E-state index is 0.0694. The van der Waals surface area contributed by atoms with Crippen LogP contribution in [-0.4, -0.2) is 60.6 Å². The Morgan fingerprint density at radius 1 is 1.03 bits per heavy atom. The van der Waals surface area contributed by atoms with Gasteiger partial charge < -0.3 is 19.9 Å². The number of carbonyl (C=O) groups excluding carboxylic acids is 1. The van der Waals surface area contributed by atoms with Crippen molar-refractivity contribution in [1.82, 2.24) is 14.9 Å². The molecule has 0 bridgehead atoms. The fourth-order valence-electron chi connectivity index (χ4n) is 4.10. The van der Waals surface area contributed by atoms with Crippen LogP contribution in [0.15, 0.2) is 67.0 Å². The van der Waals surface area contributed by atoms with Gasteiger partial charge in [-0.15, -0.1) is 11.3 Å². The Kier molecular flexibility index (Phi) is 6.08. The molecule has 4 aromatic rings. The summed E-state index contributed by atoms with van der Waals surface area (Å²) in [5, 5.41) is 4.18. The lowest BCUT2D eigenvalue weighted by atomic mass is 10.2. The number of anilines is 2. The van der Waals surface area contributed by atoms with Crippen LogP contribution in [0.2, 0.25) is 0 Å². The predicted molar refractivity (Wildman–Crippen MR) is 133 cm³/mol. The first-order chi connectivity index (χ1) is 16.2. The maximum absolute atomic E-state index is 12.9. The lowest BCUT2D eigenvalue weighted by Crippen LogP contribution is -2.50. The molecule has 8 heteroatoms. The molecule has 7 nitrogen and oxygen atoms in total. The van der Waals surface area contributed by atoms with E-state index in [1.165, 1.54) is 0 Å². The van der Waals surface area contributed by atoms with Crippen LogP contribution >= 0.6 is 11.3 Å². The van der Waals surface area contributed by atoms with Crippen molar-refractivity contribution >= 4 is 39.0 Å². The van der Waals surface area contributed by atoms with Gasteiger partial charge in [-0.05, 0) is 23.8 Å². The van der Waals surface area contributed by atoms with Gasteiger partial charge in [-0.3, -0.25) is 4.79 Å². The number of fused-ring (bicyclic) bond motifs is 1. The van der Waals surface area contributed by atoms with Crippen LogP contribution in [0.4, 0.5) is 11.5 Å². The molecule has 33 heavy (non-hydrogen) atoms. The Hall–Kier alpha value is -3.65. The van der Waals surface area contributed by atoms with Crippen molar-refractivity contribution in [3.8, 4) is 16.2 Å². The van der Waals surface area contributed by atoms with Crippen LogP contribution in [0.3, 0.4) is 0 Å². The topological polar surface area (TPSA) is 70.6 Å². The van der Waals surface area contributed by atoms with Gasteiger partial charge in [-0.25, -0.2) is 9.97 Å². The third kappa shape index (κ3) is 4.47. The lowest BCUT2D eigenvalue weighted by molar-refractivity contribution is -0.129. The number of thiophene rings is 1. The van der Waals surface area contributed by atoms with Crippen LogP contribution < -0.4 is 15.0 Å². The molecular weight excluding hydrogens is 434 g/mol. The summed E-state index contributed by atoms with van der Waals surface area (Å²) in [6.07, 6.45) is 1.55. The van der Waals surface area contributed by atoms with Gasteiger partial charge in [0.25, 0.3) is 0 Å². The van der Waals surface area contributed by atoms with Gasteiger partial charge in [0.2, 0.25) is 5.91 Å². The molecular formula is C25H25N5O2S. The summed E-state index contributed by atoms with van der Waals surface area (Å²) in [5.41, 5.74) is 2.22. The van der Waals surface area contributed by atoms with Gasteiger partial charge in [0, 0.05) is 31.1 Å². The van der Waals surface area contributed by atoms with Gasteiger partial charge >= 0.3 is 0 Å². The Balaban J connectivity index is 1.22. The smallest absolute Gasteiger partial charge is 0.242 e. The van der Waals surface area contributed by atoms with E-state index in [0.29, 0.717) is 18.9 Å². The van der Waals surface area contributed by atoms with Crippen molar-refractivity contribution in [1.29, 1.82) is 0 Å². The number of para-hydroxylation sites is 2. The molecule has 3 heterocycles. The van der Waals surface area contributed by atoms with Crippen molar-refractivity contribution in [2.75, 3.05) is 50.1 Å². The van der Waals surface area contributed by atoms with E-state index in [4.69, 9.17) is 4.74 Å². The number of ether oxygens (including phenoxy) is 1. The highest BCUT2D eigenvalue weighted by Gasteiger charge is 2.23. The Labute approximate surface area is 196 Å². The van der Waals surface area contributed by atoms with Crippen molar-refractivity contribution in [3.05, 3.63) is 67.0 Å². The number of aromatic nitrogens is 2. The second kappa shape index (κ2) is 9.46. The van der Waals surface area contributed by atoms with Crippen LogP contribution in [0.1, 0.15) is 0 Å². The van der Waals surface area contributed by atoms with Crippen LogP contribution in [0.25, 0.3) is 20.7 Å². The van der Waals surface area contributed by atoms with Gasteiger partial charge in [-0.1, -0.05) is 42.5 Å². The Bertz CT molecular complexity index is 1250. The number of benzene rings is 2. The maximum Gasteiger partial charge on any atom is 0.242 e. The molecule has 1 saturated heterocycles. The standard InChI is InChI=1S/C25H25N5O2S/c1-32-21-10-6-5-9-20(21)29-11-13-30(14-12-29)23(31)16-26-24-19-15-22(18-7-3-2-4-8-18)33-25(19)28-17-27-24/h2-10,15,17H,11-14,16H2,1H3,(H,26,27,28). The molecule has 5 rings (SSSR count). The molecule has 0 aliphatic carbocycles. The number of nitrogens with zero attached hydrogens (tertiary/aromatic N) is 4. The zero-order valence-corrected chi connectivity index (χ0v) is 19.2. The van der Waals surface area contributed by atoms with Crippen molar-refractivity contribution in [2.45, 2.75) is 0 Å². The average molecular weight is 460 g/mol. The summed E-state index contributed by atoms with van der Waals surface area (Å²) in [7, 11) is 1.69. The molecule has 0 spiro atoms. The monoisotopic (exact) mass is 459 g/mol. The molecule has 2 aromatic carbocycles. The number of nitrogens with one attached hydrogen (secondary N) is 1. The fraction of sp³-hybridized carbons (Fsp3) is 0.240. The normalized spacial score (nSPS) is 13.8. The number of amides is 1. The second-order valence-corrected chi connectivity index (χ2v) is 8.84. The van der Waals surface area contributed by atoms with Crippen LogP contribution in [0, 0.1) is 0 Å². The first kappa shape index (κ1) is 21.2. The number of piperazine rings is 1. The molecule has 0 unspecified atom stereocenters. The molecule has 1 N–H and O–H groups in total. The van der Waals surface area contributed by atoms with E-state index < -0.39 is 0 Å². The quantitative estimate of drug-likeness (QED) is 0.468. The third-order valence-corrected chi connectivity index (χ3v) is 6.95. The van der Waals surface area contributed by atoms with Gasteiger partial charge in [0.15, 0.2) is 0 Å². The summed E-state index contributed by atoms with van der Waals surface area (Å²) in [4.78, 5) is 27.9. The van der Waals surface area contributed by atoms with Gasteiger partial charge in [0.05, 0.1) is 24.7 Å². The minimum Gasteiger partial charge on any atom is -0.495 e. The summed E-state index contributed by atoms with van der Waals surface area (Å²) in [6, 6.07) is 20.3. The number of rotatable bonds is 6. The minimum absolute atomic E-state index is 0.0694. The van der Waals surface area contributed by atoms with E-state index in [0.717, 1.165) is 45.2 Å². The largest absolute Gasteiger partial charge is 0.495 e. The first-order valence-corrected chi connectivity index (χ1v) is 11.7. The molecule has 0 atom stereocenters. The van der Waals surface area contributed by atoms with E-state index in [9.17, 15) is 4.79 Å². The molecule has 0 radical (unpaired) electrons. The molecule has 0 saturated carbocycles. The molecule has 1 amide bonds. The third-order valence-electron chi connectivity index (χ3n) is 5.85. The van der Waals surface area contributed by atoms with E-state index in [-0.39, 0.29) is 12.5 Å². The summed E-state index contributed by atoms with van der Waals surface area (Å²) in [5.74, 6) is 1.62. The fourth-order valence-corrected chi connectivity index (χ4v) is 5.10. The molecule has 1 aliphatic heterocycles. The second-order valence-electron chi connectivity index (χ2n) is 7.81. The zero-order chi connectivity index (χ0) is 22.6. The highest BCUT2D eigenvalue weighted by Crippen LogP contribution is 2.34. The molecule has 168 valence electrons. The number of hydrogen-bond acceptors (Lipinski definition) is 7. The predicted octanol–water partition coefficient (Wildman–Crippen LogP) is 4.13. The Morgan fingerprint density at radius 2 is 1.79 bits per heavy atom. The summed E-state index contributed by atoms with van der Waals surface area (Å²) in [6.45, 7) is 3.10. The summed E-state index contributed by atoms with van der Waals surface area (Å²) >= 11 is 1.63. The van der Waals surface area contributed by atoms with E-state index in [1.54, 1.807) is 24.8 Å². The summed E-state index contributed by atoms with van der Waals surface area (Å²) < 4.78 is 5.48. The van der Waals surface area contributed by atoms with E-state index >= 15 is 0 Å². The highest BCUT2D eigenvalue weighted by atomic mass is 32.1. The lowest BCUT2D eigenvalue weighted by Gasteiger charge is -2.36. The molecule has 2 aromatic heterocycles. The number of carbonyl (C=O) groups is 1. The Morgan fingerprint density at radius 3 is 2.58 bits per heavy atom. The number of hydrogen-bond donors (Lipinski definition) is 1. The SMILES string of the molecule is COc1ccccc1N1CCN(C(=O)CNc2ncnc3sc(-c4ccccc4)cc23)CC1. The van der Waals surface area contributed by atoms with Gasteiger partial charge in [-0.2, -0.15) is 0 Å². The maximum atomic E-state index is 12.9. The van der Waals surface area contributed by atoms with Crippen LogP contribution in [0.5, 0.6) is 5.75 Å². The highest BCUT2D eigenvalue weighted by molar-refractivity contribution is 7.21. The van der Waals surface area contributed by atoms with E-state index in [2.05, 4.69) is 44.5 Å². The van der Waals surface area contributed by atoms with Crippen molar-refractivity contribution in [2.24, 2.45) is 0 Å². The number of methoxy groups -OCH3 is 1. The zero-order valence-electron chi connectivity index (χ0n) is 18.4. The van der Waals surface area contributed by atoms with Crippen molar-refractivity contribution < 1.29 is 9.53 Å². The van der Waals surface area contributed by atoms with E-state index in [1.807, 2.05) is 41.3 Å². The molecule has 1 fully saturated rings. The van der Waals surface area contributed by atoms with Crippen LogP contribution in [-0.2, 0) is 4.79 Å². The average Bonchev–Trinajstić information content (AvgIpc) is 3.33. The van der Waals surface area contributed by atoms with Crippen molar-refractivity contribution in [3.63, 3.8) is 0 Å².